The molecule has 0 fully saturated rings. The summed E-state index contributed by atoms with van der Waals surface area (Å²) in [6.45, 7) is 2.10. The molecule has 0 saturated carbocycles. The third-order valence-corrected chi connectivity index (χ3v) is 3.88. The fraction of sp³-hybridized carbons (Fsp3) is 0.333. The highest BCUT2D eigenvalue weighted by Gasteiger charge is 2.17. The zero-order chi connectivity index (χ0) is 16.3. The van der Waals surface area contributed by atoms with E-state index < -0.39 is 11.9 Å². The van der Waals surface area contributed by atoms with E-state index in [9.17, 15) is 9.59 Å². The van der Waals surface area contributed by atoms with E-state index in [0.717, 1.165) is 21.1 Å². The molecule has 1 atom stereocenters. The number of benzene rings is 1. The number of aliphatic carboxylic acids is 1. The van der Waals surface area contributed by atoms with Crippen LogP contribution >= 0.6 is 15.9 Å². The number of carboxylic acids is 1. The molecular weight excluding hydrogens is 350 g/mol. The standard InChI is InChI=1S/C15H18BrN3O3/c1-9(14(20)21)8-19(2)15(22)17-7-12-6-10-5-11(16)3-4-13(10)18-12/h3-6,9,18H,7-8H2,1-2H3,(H,17,22)(H,20,21). The second-order valence-electron chi connectivity index (χ2n) is 5.30. The SMILES string of the molecule is CC(CN(C)C(=O)NCc1cc2cc(Br)ccc2[nH]1)C(=O)O. The van der Waals surface area contributed by atoms with E-state index in [1.807, 2.05) is 24.3 Å². The van der Waals surface area contributed by atoms with Crippen LogP contribution in [0.15, 0.2) is 28.7 Å². The van der Waals surface area contributed by atoms with E-state index in [4.69, 9.17) is 5.11 Å². The largest absolute Gasteiger partial charge is 0.481 e. The zero-order valence-corrected chi connectivity index (χ0v) is 14.0. The normalized spacial score (nSPS) is 12.1. The number of amides is 2. The molecule has 3 N–H and O–H groups in total. The Morgan fingerprint density at radius 2 is 2.14 bits per heavy atom. The van der Waals surface area contributed by atoms with Crippen LogP contribution in [0, 0.1) is 5.92 Å². The first-order valence-corrected chi connectivity index (χ1v) is 7.65. The number of aromatic amines is 1. The highest BCUT2D eigenvalue weighted by atomic mass is 79.9. The molecule has 1 aromatic carbocycles. The molecule has 2 amide bonds. The number of aromatic nitrogens is 1. The van der Waals surface area contributed by atoms with Crippen molar-refractivity contribution in [2.75, 3.05) is 13.6 Å². The van der Waals surface area contributed by atoms with Gasteiger partial charge in [-0.25, -0.2) is 4.79 Å². The quantitative estimate of drug-likeness (QED) is 0.759. The Morgan fingerprint density at radius 3 is 2.82 bits per heavy atom. The Hall–Kier alpha value is -2.02. The van der Waals surface area contributed by atoms with E-state index in [2.05, 4.69) is 26.2 Å². The number of halogens is 1. The van der Waals surface area contributed by atoms with Crippen molar-refractivity contribution in [3.8, 4) is 0 Å². The summed E-state index contributed by atoms with van der Waals surface area (Å²) in [6.07, 6.45) is 0. The van der Waals surface area contributed by atoms with E-state index in [-0.39, 0.29) is 12.6 Å². The molecule has 2 aromatic rings. The van der Waals surface area contributed by atoms with Crippen LogP contribution in [0.1, 0.15) is 12.6 Å². The van der Waals surface area contributed by atoms with Crippen molar-refractivity contribution in [3.63, 3.8) is 0 Å². The molecule has 6 nitrogen and oxygen atoms in total. The van der Waals surface area contributed by atoms with Crippen molar-refractivity contribution < 1.29 is 14.7 Å². The fourth-order valence-electron chi connectivity index (χ4n) is 2.14. The topological polar surface area (TPSA) is 85.4 Å². The Bertz CT molecular complexity index is 698. The van der Waals surface area contributed by atoms with Crippen LogP contribution in [-0.2, 0) is 11.3 Å². The van der Waals surface area contributed by atoms with E-state index in [0.29, 0.717) is 6.54 Å². The Balaban J connectivity index is 1.93. The summed E-state index contributed by atoms with van der Waals surface area (Å²) in [7, 11) is 1.58. The minimum atomic E-state index is -0.916. The molecule has 0 radical (unpaired) electrons. The van der Waals surface area contributed by atoms with Gasteiger partial charge >= 0.3 is 12.0 Å². The molecule has 0 spiro atoms. The van der Waals surface area contributed by atoms with Crippen molar-refractivity contribution in [2.45, 2.75) is 13.5 Å². The average molecular weight is 368 g/mol. The molecule has 1 heterocycles. The van der Waals surface area contributed by atoms with Gasteiger partial charge in [0.2, 0.25) is 0 Å². The first-order valence-electron chi connectivity index (χ1n) is 6.85. The van der Waals surface area contributed by atoms with E-state index in [1.165, 1.54) is 4.90 Å². The molecular formula is C15H18BrN3O3. The molecule has 0 bridgehead atoms. The first-order chi connectivity index (χ1) is 10.4. The number of hydrogen-bond acceptors (Lipinski definition) is 2. The lowest BCUT2D eigenvalue weighted by atomic mass is 10.2. The summed E-state index contributed by atoms with van der Waals surface area (Å²) in [5.74, 6) is -1.51. The number of nitrogens with zero attached hydrogens (tertiary/aromatic N) is 1. The van der Waals surface area contributed by atoms with E-state index in [1.54, 1.807) is 14.0 Å². The third-order valence-electron chi connectivity index (χ3n) is 3.38. The van der Waals surface area contributed by atoms with Gasteiger partial charge in [-0.15, -0.1) is 0 Å². The molecule has 1 unspecified atom stereocenters. The lowest BCUT2D eigenvalue weighted by Gasteiger charge is -2.19. The summed E-state index contributed by atoms with van der Waals surface area (Å²) in [5, 5.41) is 12.7. The molecule has 22 heavy (non-hydrogen) atoms. The summed E-state index contributed by atoms with van der Waals surface area (Å²) >= 11 is 3.42. The van der Waals surface area contributed by atoms with Crippen molar-refractivity contribution in [1.82, 2.24) is 15.2 Å². The number of hydrogen-bond donors (Lipinski definition) is 3. The smallest absolute Gasteiger partial charge is 0.317 e. The molecule has 0 saturated heterocycles. The number of nitrogens with one attached hydrogen (secondary N) is 2. The lowest BCUT2D eigenvalue weighted by molar-refractivity contribution is -0.141. The summed E-state index contributed by atoms with van der Waals surface area (Å²) < 4.78 is 0.997. The summed E-state index contributed by atoms with van der Waals surface area (Å²) in [5.41, 5.74) is 1.89. The Morgan fingerprint density at radius 1 is 1.41 bits per heavy atom. The van der Waals surface area contributed by atoms with Gasteiger partial charge in [0.25, 0.3) is 0 Å². The average Bonchev–Trinajstić information content (AvgIpc) is 2.86. The van der Waals surface area contributed by atoms with Crippen molar-refractivity contribution in [3.05, 3.63) is 34.4 Å². The van der Waals surface area contributed by atoms with Gasteiger partial charge < -0.3 is 20.3 Å². The maximum absolute atomic E-state index is 11.9. The molecule has 0 aliphatic heterocycles. The third kappa shape index (κ3) is 4.00. The number of carbonyl (C=O) groups excluding carboxylic acids is 1. The molecule has 2 rings (SSSR count). The van der Waals surface area contributed by atoms with Crippen molar-refractivity contribution in [1.29, 1.82) is 0 Å². The molecule has 0 aliphatic carbocycles. The lowest BCUT2D eigenvalue weighted by Crippen LogP contribution is -2.40. The molecule has 0 aliphatic rings. The van der Waals surface area contributed by atoms with Crippen LogP contribution in [0.5, 0.6) is 0 Å². The van der Waals surface area contributed by atoms with Gasteiger partial charge in [-0.3, -0.25) is 4.79 Å². The van der Waals surface area contributed by atoms with E-state index >= 15 is 0 Å². The second-order valence-corrected chi connectivity index (χ2v) is 6.22. The zero-order valence-electron chi connectivity index (χ0n) is 12.4. The van der Waals surface area contributed by atoms with Crippen LogP contribution in [0.25, 0.3) is 10.9 Å². The molecule has 1 aromatic heterocycles. The van der Waals surface area contributed by atoms with Gasteiger partial charge in [0.05, 0.1) is 12.5 Å². The monoisotopic (exact) mass is 367 g/mol. The molecule has 118 valence electrons. The predicted octanol–water partition coefficient (Wildman–Crippen LogP) is 2.79. The van der Waals surface area contributed by atoms with Crippen LogP contribution in [0.2, 0.25) is 0 Å². The highest BCUT2D eigenvalue weighted by Crippen LogP contribution is 2.20. The fourth-order valence-corrected chi connectivity index (χ4v) is 2.52. The Labute approximate surface area is 136 Å². The Kier molecular flexibility index (Phi) is 5.07. The van der Waals surface area contributed by atoms with Gasteiger partial charge in [0, 0.05) is 34.7 Å². The second kappa shape index (κ2) is 6.83. The van der Waals surface area contributed by atoms with Gasteiger partial charge in [-0.1, -0.05) is 22.9 Å². The van der Waals surface area contributed by atoms with Crippen molar-refractivity contribution in [2.24, 2.45) is 5.92 Å². The summed E-state index contributed by atoms with van der Waals surface area (Å²) in [6, 6.07) is 7.58. The molecule has 7 heteroatoms. The van der Waals surface area contributed by atoms with Crippen LogP contribution in [0.4, 0.5) is 4.79 Å². The number of carboxylic acid groups (broad SMARTS) is 1. The highest BCUT2D eigenvalue weighted by molar-refractivity contribution is 9.10. The van der Waals surface area contributed by atoms with Crippen molar-refractivity contribution >= 4 is 38.8 Å². The number of H-pyrrole nitrogens is 1. The minimum Gasteiger partial charge on any atom is -0.481 e. The number of fused-ring (bicyclic) bond motifs is 1. The van der Waals surface area contributed by atoms with Gasteiger partial charge in [-0.2, -0.15) is 0 Å². The van der Waals surface area contributed by atoms with Gasteiger partial charge in [0.15, 0.2) is 0 Å². The maximum Gasteiger partial charge on any atom is 0.317 e. The van der Waals surface area contributed by atoms with Gasteiger partial charge in [-0.05, 0) is 24.3 Å². The van der Waals surface area contributed by atoms with Gasteiger partial charge in [0.1, 0.15) is 0 Å². The number of urea groups is 1. The van der Waals surface area contributed by atoms with Crippen LogP contribution in [0.3, 0.4) is 0 Å². The predicted molar refractivity (Wildman–Crippen MR) is 87.7 cm³/mol. The maximum atomic E-state index is 11.9. The number of rotatable bonds is 5. The van der Waals surface area contributed by atoms with Crippen LogP contribution in [-0.4, -0.2) is 40.6 Å². The summed E-state index contributed by atoms with van der Waals surface area (Å²) in [4.78, 5) is 27.3. The number of carbonyl (C=O) groups is 2. The minimum absolute atomic E-state index is 0.167. The first kappa shape index (κ1) is 16.4. The van der Waals surface area contributed by atoms with Crippen LogP contribution < -0.4 is 5.32 Å².